The molecule has 0 fully saturated rings. The van der Waals surface area contributed by atoms with E-state index in [1.807, 2.05) is 42.5 Å². The maximum Gasteiger partial charge on any atom is 0.137 e. The summed E-state index contributed by atoms with van der Waals surface area (Å²) in [6, 6.07) is 62.7. The number of aromatic nitrogens is 3. The highest BCUT2D eigenvalue weighted by Crippen LogP contribution is 2.40. The molecule has 9 rings (SSSR count). The first-order valence-corrected chi connectivity index (χ1v) is 18.2. The molecule has 3 aromatic heterocycles. The summed E-state index contributed by atoms with van der Waals surface area (Å²) >= 11 is 0. The lowest BCUT2D eigenvalue weighted by Gasteiger charge is -2.21. The van der Waals surface area contributed by atoms with Gasteiger partial charge in [-0.15, -0.1) is 0 Å². The van der Waals surface area contributed by atoms with Crippen molar-refractivity contribution >= 4 is 44.7 Å². The van der Waals surface area contributed by atoms with Crippen LogP contribution in [0, 0.1) is 0 Å². The summed E-state index contributed by atoms with van der Waals surface area (Å²) in [6.45, 7) is 2.24. The summed E-state index contributed by atoms with van der Waals surface area (Å²) < 4.78 is 2.14. The molecular formula is C49H37N5. The quantitative estimate of drug-likeness (QED) is 0.0977. The predicted octanol–water partition coefficient (Wildman–Crippen LogP) is 11.4. The molecule has 54 heavy (non-hydrogen) atoms. The van der Waals surface area contributed by atoms with Gasteiger partial charge in [-0.3, -0.25) is 4.40 Å². The van der Waals surface area contributed by atoms with Crippen LogP contribution < -0.4 is 5.73 Å². The van der Waals surface area contributed by atoms with Crippen LogP contribution in [0.2, 0.25) is 0 Å². The molecule has 3 heterocycles. The lowest BCUT2D eigenvalue weighted by Crippen LogP contribution is -2.14. The third kappa shape index (κ3) is 6.12. The minimum absolute atomic E-state index is 0.00598. The molecule has 9 aromatic rings. The molecule has 0 spiro atoms. The number of allylic oxidation sites excluding steroid dienone is 1. The van der Waals surface area contributed by atoms with E-state index in [4.69, 9.17) is 20.7 Å². The normalized spacial score (nSPS) is 12.9. The summed E-state index contributed by atoms with van der Waals surface area (Å²) in [5.41, 5.74) is 20.9. The van der Waals surface area contributed by atoms with Gasteiger partial charge in [-0.1, -0.05) is 171 Å². The highest BCUT2D eigenvalue weighted by atomic mass is 15.0. The minimum atomic E-state index is -0.00598. The van der Waals surface area contributed by atoms with Crippen molar-refractivity contribution in [2.45, 2.75) is 12.8 Å². The van der Waals surface area contributed by atoms with Crippen molar-refractivity contribution in [1.29, 1.82) is 0 Å². The number of imidazole rings is 1. The van der Waals surface area contributed by atoms with E-state index in [1.54, 1.807) is 0 Å². The van der Waals surface area contributed by atoms with Gasteiger partial charge in [0, 0.05) is 34.2 Å². The van der Waals surface area contributed by atoms with Gasteiger partial charge in [0.2, 0.25) is 0 Å². The number of nitrogens with two attached hydrogens (primary N) is 1. The Morgan fingerprint density at radius 3 is 1.89 bits per heavy atom. The van der Waals surface area contributed by atoms with E-state index in [0.717, 1.165) is 77.9 Å². The predicted molar refractivity (Wildman–Crippen MR) is 224 cm³/mol. The summed E-state index contributed by atoms with van der Waals surface area (Å²) in [7, 11) is 0. The van der Waals surface area contributed by atoms with Crippen molar-refractivity contribution in [3.63, 3.8) is 0 Å². The van der Waals surface area contributed by atoms with E-state index in [-0.39, 0.29) is 5.92 Å². The lowest BCUT2D eigenvalue weighted by atomic mass is 9.85. The van der Waals surface area contributed by atoms with Crippen LogP contribution in [-0.2, 0) is 0 Å². The highest BCUT2D eigenvalue weighted by Gasteiger charge is 2.22. The molecule has 1 atom stereocenters. The minimum Gasteiger partial charge on any atom is -0.383 e. The van der Waals surface area contributed by atoms with Crippen molar-refractivity contribution < 1.29 is 0 Å². The second-order valence-corrected chi connectivity index (χ2v) is 13.5. The lowest BCUT2D eigenvalue weighted by molar-refractivity contribution is 0.988. The molecule has 6 aromatic carbocycles. The molecule has 0 aliphatic carbocycles. The molecule has 5 heteroatoms. The van der Waals surface area contributed by atoms with Gasteiger partial charge in [0.1, 0.15) is 17.0 Å². The average Bonchev–Trinajstić information content (AvgIpc) is 3.64. The molecule has 0 bridgehead atoms. The summed E-state index contributed by atoms with van der Waals surface area (Å²) in [5.74, 6) is 0.451. The number of hydrogen-bond donors (Lipinski definition) is 1. The first-order valence-electron chi connectivity index (χ1n) is 18.2. The molecule has 5 nitrogen and oxygen atoms in total. The van der Waals surface area contributed by atoms with E-state index in [0.29, 0.717) is 5.84 Å². The highest BCUT2D eigenvalue weighted by molar-refractivity contribution is 6.09. The third-order valence-corrected chi connectivity index (χ3v) is 10.2. The molecule has 0 saturated heterocycles. The summed E-state index contributed by atoms with van der Waals surface area (Å²) in [6.07, 6.45) is 2.06. The molecule has 258 valence electrons. The molecule has 2 N–H and O–H groups in total. The van der Waals surface area contributed by atoms with Gasteiger partial charge in [-0.25, -0.2) is 15.0 Å². The number of amidine groups is 1. The zero-order chi connectivity index (χ0) is 36.4. The van der Waals surface area contributed by atoms with Crippen LogP contribution in [0.25, 0.3) is 61.2 Å². The van der Waals surface area contributed by atoms with Crippen molar-refractivity contribution in [2.24, 2.45) is 10.7 Å². The van der Waals surface area contributed by atoms with Gasteiger partial charge in [0.15, 0.2) is 0 Å². The number of hydrogen-bond acceptors (Lipinski definition) is 3. The number of rotatable bonds is 8. The fourth-order valence-electron chi connectivity index (χ4n) is 7.39. The summed E-state index contributed by atoms with van der Waals surface area (Å²) in [5, 5.41) is 1.04. The number of nitrogens with zero attached hydrogens (tertiary/aromatic N) is 4. The van der Waals surface area contributed by atoms with Crippen LogP contribution in [-0.4, -0.2) is 20.2 Å². The van der Waals surface area contributed by atoms with Crippen LogP contribution in [0.3, 0.4) is 0 Å². The van der Waals surface area contributed by atoms with E-state index in [1.165, 1.54) is 5.56 Å². The number of pyridine rings is 2. The summed E-state index contributed by atoms with van der Waals surface area (Å²) in [4.78, 5) is 15.5. The first-order chi connectivity index (χ1) is 26.6. The first kappa shape index (κ1) is 32.8. The Hall–Kier alpha value is -7.11. The van der Waals surface area contributed by atoms with Crippen molar-refractivity contribution in [3.8, 4) is 22.4 Å². The van der Waals surface area contributed by atoms with E-state index in [2.05, 4.69) is 157 Å². The Balaban J connectivity index is 1.22. The standard InChI is InChI=1S/C49H37N5/c1-33(34-15-5-2-6-16-34)44(45(38-19-9-4-10-20-38)53-49(50)40-30-24-36(25-31-40)35-17-7-3-8-18-35)37-26-28-39(29-27-37)46-48-47(41-21-11-12-22-42(41)51-46)52-43-23-13-14-32-54(43)48/h2-33H,1H3,(H2,50,53)/b45-44+. The van der Waals surface area contributed by atoms with Crippen molar-refractivity contribution in [2.75, 3.05) is 0 Å². The second-order valence-electron chi connectivity index (χ2n) is 13.5. The number of aliphatic imine (C=N–C) groups is 1. The SMILES string of the molecule is CC(/C(=C(\N=C(/N)c1ccc(-c2ccccc2)cc1)c1ccccc1)c1ccc(-c2nc3ccccc3c3nc4ccccn4c23)cc1)c1ccccc1. The van der Waals surface area contributed by atoms with Crippen LogP contribution in [0.4, 0.5) is 0 Å². The van der Waals surface area contributed by atoms with Crippen LogP contribution >= 0.6 is 0 Å². The number of fused-ring (bicyclic) bond motifs is 5. The monoisotopic (exact) mass is 695 g/mol. The molecule has 0 aliphatic rings. The van der Waals surface area contributed by atoms with Gasteiger partial charge >= 0.3 is 0 Å². The van der Waals surface area contributed by atoms with Crippen LogP contribution in [0.5, 0.6) is 0 Å². The molecule has 0 radical (unpaired) electrons. The maximum atomic E-state index is 6.91. The van der Waals surface area contributed by atoms with Crippen molar-refractivity contribution in [1.82, 2.24) is 14.4 Å². The maximum absolute atomic E-state index is 6.91. The molecule has 0 amide bonds. The Labute approximate surface area is 314 Å². The average molecular weight is 696 g/mol. The van der Waals surface area contributed by atoms with E-state index < -0.39 is 0 Å². The Morgan fingerprint density at radius 1 is 0.556 bits per heavy atom. The zero-order valence-electron chi connectivity index (χ0n) is 29.8. The number of para-hydroxylation sites is 1. The fraction of sp³-hybridized carbons (Fsp3) is 0.0408. The van der Waals surface area contributed by atoms with Gasteiger partial charge < -0.3 is 5.73 Å². The van der Waals surface area contributed by atoms with E-state index in [9.17, 15) is 0 Å². The molecular weight excluding hydrogens is 659 g/mol. The number of benzene rings is 6. The smallest absolute Gasteiger partial charge is 0.137 e. The van der Waals surface area contributed by atoms with Crippen LogP contribution in [0.15, 0.2) is 193 Å². The Bertz CT molecular complexity index is 2800. The molecule has 0 saturated carbocycles. The second kappa shape index (κ2) is 14.1. The zero-order valence-corrected chi connectivity index (χ0v) is 29.8. The Kier molecular flexibility index (Phi) is 8.58. The van der Waals surface area contributed by atoms with Crippen molar-refractivity contribution in [3.05, 3.63) is 210 Å². The fourth-order valence-corrected chi connectivity index (χ4v) is 7.39. The molecule has 1 unspecified atom stereocenters. The van der Waals surface area contributed by atoms with E-state index >= 15 is 0 Å². The largest absolute Gasteiger partial charge is 0.383 e. The van der Waals surface area contributed by atoms with Gasteiger partial charge in [-0.05, 0) is 46.0 Å². The van der Waals surface area contributed by atoms with Gasteiger partial charge in [-0.2, -0.15) is 0 Å². The third-order valence-electron chi connectivity index (χ3n) is 10.2. The van der Waals surface area contributed by atoms with Gasteiger partial charge in [0.25, 0.3) is 0 Å². The topological polar surface area (TPSA) is 68.6 Å². The van der Waals surface area contributed by atoms with Gasteiger partial charge in [0.05, 0.1) is 22.4 Å². The van der Waals surface area contributed by atoms with Crippen LogP contribution in [0.1, 0.15) is 35.1 Å². The Morgan fingerprint density at radius 2 is 1.15 bits per heavy atom. The molecule has 0 aliphatic heterocycles.